The topological polar surface area (TPSA) is 72.8 Å². The lowest BCUT2D eigenvalue weighted by atomic mass is 10.0. The molecule has 0 rings (SSSR count). The number of ether oxygens (including phenoxy) is 2. The van der Waals surface area contributed by atoms with Gasteiger partial charge in [-0.2, -0.15) is 0 Å². The Balaban J connectivity index is 3.34. The zero-order valence-electron chi connectivity index (χ0n) is 53.5. The van der Waals surface area contributed by atoms with Crippen molar-refractivity contribution < 1.29 is 24.2 Å². The van der Waals surface area contributed by atoms with E-state index in [-0.39, 0.29) is 25.2 Å². The summed E-state index contributed by atoms with van der Waals surface area (Å²) < 4.78 is 10.8. The van der Waals surface area contributed by atoms with Crippen molar-refractivity contribution in [3.8, 4) is 0 Å². The van der Waals surface area contributed by atoms with E-state index in [1.807, 2.05) is 0 Å². The van der Waals surface area contributed by atoms with Crippen molar-refractivity contribution in [1.29, 1.82) is 0 Å². The Bertz CT molecular complexity index is 1150. The third kappa shape index (κ3) is 67.1. The van der Waals surface area contributed by atoms with Crippen molar-refractivity contribution in [2.75, 3.05) is 13.2 Å². The predicted molar refractivity (Wildman–Crippen MR) is 344 cm³/mol. The maximum atomic E-state index is 12.4. The molecule has 78 heavy (non-hydrogen) atoms. The largest absolute Gasteiger partial charge is 0.462 e. The molecule has 0 heterocycles. The molecule has 1 atom stereocenters. The summed E-state index contributed by atoms with van der Waals surface area (Å²) in [5, 5.41) is 9.70. The van der Waals surface area contributed by atoms with Crippen LogP contribution in [-0.4, -0.2) is 36.4 Å². The molecule has 464 valence electrons. The van der Waals surface area contributed by atoms with Crippen LogP contribution in [0.5, 0.6) is 0 Å². The molecule has 0 saturated heterocycles. The van der Waals surface area contributed by atoms with Gasteiger partial charge in [0.2, 0.25) is 0 Å². The van der Waals surface area contributed by atoms with Gasteiger partial charge in [-0.25, -0.2) is 0 Å². The summed E-state index contributed by atoms with van der Waals surface area (Å²) in [6, 6.07) is 0. The molecule has 0 aromatic heterocycles. The number of esters is 2. The van der Waals surface area contributed by atoms with E-state index in [9.17, 15) is 14.7 Å². The Labute approximate surface area is 490 Å². The Hall–Kier alpha value is -1.36. The van der Waals surface area contributed by atoms with Crippen LogP contribution in [0, 0.1) is 0 Å². The van der Waals surface area contributed by atoms with Gasteiger partial charge in [-0.1, -0.05) is 386 Å². The average Bonchev–Trinajstić information content (AvgIpc) is 3.44. The molecule has 0 amide bonds. The quantitative estimate of drug-likeness (QED) is 0.0373. The second-order valence-corrected chi connectivity index (χ2v) is 25.0. The normalized spacial score (nSPS) is 12.1. The molecular weight excluding hydrogens is 957 g/mol. The number of hydrogen-bond donors (Lipinski definition) is 1. The third-order valence-electron chi connectivity index (χ3n) is 17.1. The summed E-state index contributed by atoms with van der Waals surface area (Å²) in [6.45, 7) is 4.22. The van der Waals surface area contributed by atoms with Crippen molar-refractivity contribution in [2.45, 2.75) is 431 Å². The highest BCUT2D eigenvalue weighted by Crippen LogP contribution is 2.20. The van der Waals surface area contributed by atoms with Gasteiger partial charge in [0, 0.05) is 12.8 Å². The molecule has 5 heteroatoms. The predicted octanol–water partition coefficient (Wildman–Crippen LogP) is 25.0. The van der Waals surface area contributed by atoms with E-state index in [4.69, 9.17) is 9.47 Å². The molecule has 0 bridgehead atoms. The van der Waals surface area contributed by atoms with Crippen molar-refractivity contribution in [3.63, 3.8) is 0 Å². The van der Waals surface area contributed by atoms with Crippen molar-refractivity contribution in [2.24, 2.45) is 0 Å². The van der Waals surface area contributed by atoms with E-state index < -0.39 is 6.10 Å². The highest BCUT2D eigenvalue weighted by Gasteiger charge is 2.16. The van der Waals surface area contributed by atoms with Crippen molar-refractivity contribution in [3.05, 3.63) is 12.2 Å². The van der Waals surface area contributed by atoms with Gasteiger partial charge in [-0.05, 0) is 38.5 Å². The minimum atomic E-state index is -0.766. The molecule has 0 aliphatic carbocycles. The van der Waals surface area contributed by atoms with Crippen LogP contribution in [0.1, 0.15) is 425 Å². The minimum Gasteiger partial charge on any atom is -0.462 e. The molecule has 5 nitrogen and oxygen atoms in total. The maximum Gasteiger partial charge on any atom is 0.306 e. The Kier molecular flexibility index (Phi) is 68.7. The van der Waals surface area contributed by atoms with Crippen molar-refractivity contribution >= 4 is 11.9 Å². The lowest BCUT2D eigenvalue weighted by Gasteiger charge is -2.15. The maximum absolute atomic E-state index is 12.4. The molecule has 1 N–H and O–H groups in total. The number of unbranched alkanes of at least 4 members (excludes halogenated alkanes) is 59. The van der Waals surface area contributed by atoms with Crippen LogP contribution < -0.4 is 0 Å². The van der Waals surface area contributed by atoms with Gasteiger partial charge in [-0.15, -0.1) is 0 Å². The van der Waals surface area contributed by atoms with Gasteiger partial charge in [0.05, 0.1) is 6.61 Å². The minimum absolute atomic E-state index is 0.0561. The molecule has 0 radical (unpaired) electrons. The molecule has 0 spiro atoms. The number of aliphatic hydroxyl groups is 1. The highest BCUT2D eigenvalue weighted by atomic mass is 16.6. The second-order valence-electron chi connectivity index (χ2n) is 25.0. The van der Waals surface area contributed by atoms with E-state index >= 15 is 0 Å². The molecule has 0 aromatic rings. The average molecular weight is 1100 g/mol. The van der Waals surface area contributed by atoms with E-state index in [1.54, 1.807) is 0 Å². The highest BCUT2D eigenvalue weighted by molar-refractivity contribution is 5.70. The van der Waals surface area contributed by atoms with E-state index in [1.165, 1.54) is 366 Å². The number of carbonyl (C=O) groups is 2. The zero-order chi connectivity index (χ0) is 56.2. The summed E-state index contributed by atoms with van der Waals surface area (Å²) in [5.41, 5.74) is 0. The van der Waals surface area contributed by atoms with Crippen LogP contribution in [0.4, 0.5) is 0 Å². The van der Waals surface area contributed by atoms with E-state index in [0.29, 0.717) is 12.8 Å². The van der Waals surface area contributed by atoms with Crippen LogP contribution in [-0.2, 0) is 19.1 Å². The standard InChI is InChI=1S/C73H142O5/c1-3-5-7-9-11-13-15-17-19-21-23-25-27-29-30-31-32-33-34-35-36-37-38-39-40-41-42-44-46-48-50-52-54-56-58-60-62-64-66-68-73(76)78-71(69-74)70-77-72(75)67-65-63-61-59-57-55-53-51-49-47-45-43-28-26-24-22-20-18-16-14-12-10-8-6-4-2/h21,23,71,74H,3-20,22,24-70H2,1-2H3/b23-21-. The Morgan fingerprint density at radius 3 is 0.692 bits per heavy atom. The summed E-state index contributed by atoms with van der Waals surface area (Å²) >= 11 is 0. The Morgan fingerprint density at radius 1 is 0.282 bits per heavy atom. The fourth-order valence-corrected chi connectivity index (χ4v) is 11.6. The number of carbonyl (C=O) groups excluding carboxylic acids is 2. The summed E-state index contributed by atoms with van der Waals surface area (Å²) in [5.74, 6) is -0.560. The van der Waals surface area contributed by atoms with Crippen molar-refractivity contribution in [1.82, 2.24) is 0 Å². The number of hydrogen-bond acceptors (Lipinski definition) is 5. The van der Waals surface area contributed by atoms with E-state index in [0.717, 1.165) is 32.1 Å². The fraction of sp³-hybridized carbons (Fsp3) is 0.945. The first-order chi connectivity index (χ1) is 38.6. The van der Waals surface area contributed by atoms with Gasteiger partial charge in [-0.3, -0.25) is 9.59 Å². The first kappa shape index (κ1) is 76.6. The van der Waals surface area contributed by atoms with Crippen LogP contribution in [0.2, 0.25) is 0 Å². The lowest BCUT2D eigenvalue weighted by Crippen LogP contribution is -2.28. The summed E-state index contributed by atoms with van der Waals surface area (Å²) in [6.07, 6.45) is 89.9. The molecule has 0 aromatic carbocycles. The van der Waals surface area contributed by atoms with Crippen LogP contribution in [0.15, 0.2) is 12.2 Å². The lowest BCUT2D eigenvalue weighted by molar-refractivity contribution is -0.161. The third-order valence-corrected chi connectivity index (χ3v) is 17.1. The first-order valence-corrected chi connectivity index (χ1v) is 36.2. The number of rotatable bonds is 69. The van der Waals surface area contributed by atoms with Gasteiger partial charge >= 0.3 is 11.9 Å². The van der Waals surface area contributed by atoms with Gasteiger partial charge < -0.3 is 14.6 Å². The fourth-order valence-electron chi connectivity index (χ4n) is 11.6. The molecule has 0 fully saturated rings. The number of allylic oxidation sites excluding steroid dienone is 2. The molecule has 0 saturated carbocycles. The van der Waals surface area contributed by atoms with Gasteiger partial charge in [0.25, 0.3) is 0 Å². The molecule has 0 aliphatic rings. The van der Waals surface area contributed by atoms with Crippen LogP contribution in [0.25, 0.3) is 0 Å². The number of aliphatic hydroxyl groups excluding tert-OH is 1. The molecule has 1 unspecified atom stereocenters. The molecule has 0 aliphatic heterocycles. The van der Waals surface area contributed by atoms with Crippen LogP contribution in [0.3, 0.4) is 0 Å². The first-order valence-electron chi connectivity index (χ1n) is 36.2. The van der Waals surface area contributed by atoms with E-state index in [2.05, 4.69) is 26.0 Å². The van der Waals surface area contributed by atoms with Gasteiger partial charge in [0.1, 0.15) is 6.61 Å². The monoisotopic (exact) mass is 1100 g/mol. The van der Waals surface area contributed by atoms with Crippen LogP contribution >= 0.6 is 0 Å². The molecular formula is C73H142O5. The Morgan fingerprint density at radius 2 is 0.474 bits per heavy atom. The van der Waals surface area contributed by atoms with Gasteiger partial charge in [0.15, 0.2) is 6.10 Å². The smallest absolute Gasteiger partial charge is 0.306 e. The SMILES string of the molecule is CCCCCCCCCC/C=C\CCCCCCCCCCCCCCCCCCCCCCCCCCCCCC(=O)OC(CO)COC(=O)CCCCCCCCCCCCCCCCCCCCCCCCCCC. The zero-order valence-corrected chi connectivity index (χ0v) is 53.5. The summed E-state index contributed by atoms with van der Waals surface area (Å²) in [7, 11) is 0. The second kappa shape index (κ2) is 69.9. The summed E-state index contributed by atoms with van der Waals surface area (Å²) in [4.78, 5) is 24.6.